The van der Waals surface area contributed by atoms with Gasteiger partial charge in [0.2, 0.25) is 0 Å². The molecule has 3 aromatic rings. The minimum absolute atomic E-state index is 0.0651. The summed E-state index contributed by atoms with van der Waals surface area (Å²) in [5.74, 6) is 2.07. The van der Waals surface area contributed by atoms with E-state index in [4.69, 9.17) is 14.5 Å². The average Bonchev–Trinajstić information content (AvgIpc) is 2.80. The molecule has 4 rings (SSSR count). The minimum atomic E-state index is -0.159. The van der Waals surface area contributed by atoms with E-state index in [1.54, 1.807) is 26.5 Å². The van der Waals surface area contributed by atoms with Gasteiger partial charge in [-0.3, -0.25) is 14.7 Å². The molecular weight excluding hydrogens is 380 g/mol. The topological polar surface area (TPSA) is 80.3 Å². The van der Waals surface area contributed by atoms with E-state index in [-0.39, 0.29) is 11.6 Å². The Morgan fingerprint density at radius 2 is 2.03 bits per heavy atom. The molecule has 3 heterocycles. The fourth-order valence-electron chi connectivity index (χ4n) is 3.99. The van der Waals surface area contributed by atoms with Crippen molar-refractivity contribution in [1.82, 2.24) is 19.9 Å². The summed E-state index contributed by atoms with van der Waals surface area (Å²) in [6.45, 7) is 1.65. The fourth-order valence-corrected chi connectivity index (χ4v) is 3.99. The molecule has 0 radical (unpaired) electrons. The first-order chi connectivity index (χ1) is 14.7. The van der Waals surface area contributed by atoms with Crippen LogP contribution in [0.25, 0.3) is 11.5 Å². The van der Waals surface area contributed by atoms with Crippen LogP contribution in [0.2, 0.25) is 0 Å². The molecule has 1 saturated heterocycles. The Bertz CT molecular complexity index is 1050. The SMILES string of the molecule is COc1ccc(CN2CCCC[C@H]2c2cc(=O)[nH]c(-c3ccccn3)n2)c(OC)c1. The summed E-state index contributed by atoms with van der Waals surface area (Å²) in [5, 5.41) is 0. The lowest BCUT2D eigenvalue weighted by Crippen LogP contribution is -2.34. The summed E-state index contributed by atoms with van der Waals surface area (Å²) in [7, 11) is 3.32. The van der Waals surface area contributed by atoms with Gasteiger partial charge in [-0.1, -0.05) is 18.6 Å². The van der Waals surface area contributed by atoms with Crippen molar-refractivity contribution in [3.63, 3.8) is 0 Å². The van der Waals surface area contributed by atoms with Crippen molar-refractivity contribution in [3.05, 3.63) is 70.3 Å². The van der Waals surface area contributed by atoms with Gasteiger partial charge in [0.15, 0.2) is 5.82 Å². The predicted molar refractivity (Wildman–Crippen MR) is 115 cm³/mol. The van der Waals surface area contributed by atoms with Crippen molar-refractivity contribution in [2.75, 3.05) is 20.8 Å². The summed E-state index contributed by atoms with van der Waals surface area (Å²) < 4.78 is 10.9. The molecule has 0 saturated carbocycles. The standard InChI is InChI=1S/C23H26N4O3/c1-29-17-10-9-16(21(13-17)30-2)15-27-12-6-4-8-20(27)19-14-22(28)26-23(25-19)18-7-3-5-11-24-18/h3,5,7,9-11,13-14,20H,4,6,8,12,15H2,1-2H3,(H,25,26,28)/t20-/m0/s1. The third-order valence-electron chi connectivity index (χ3n) is 5.49. The summed E-state index contributed by atoms with van der Waals surface area (Å²) in [4.78, 5) is 26.7. The van der Waals surface area contributed by atoms with Gasteiger partial charge in [0.1, 0.15) is 17.2 Å². The minimum Gasteiger partial charge on any atom is -0.497 e. The van der Waals surface area contributed by atoms with Gasteiger partial charge in [0.25, 0.3) is 5.56 Å². The molecule has 156 valence electrons. The maximum Gasteiger partial charge on any atom is 0.251 e. The summed E-state index contributed by atoms with van der Waals surface area (Å²) in [5.41, 5.74) is 2.37. The highest BCUT2D eigenvalue weighted by atomic mass is 16.5. The normalized spacial score (nSPS) is 16.9. The number of hydrogen-bond donors (Lipinski definition) is 1. The third kappa shape index (κ3) is 4.36. The molecule has 0 spiro atoms. The number of benzene rings is 1. The van der Waals surface area contributed by atoms with Gasteiger partial charge in [-0.2, -0.15) is 0 Å². The third-order valence-corrected chi connectivity index (χ3v) is 5.49. The molecule has 0 bridgehead atoms. The molecule has 0 aliphatic carbocycles. The number of nitrogens with one attached hydrogen (secondary N) is 1. The van der Waals surface area contributed by atoms with Crippen molar-refractivity contribution >= 4 is 0 Å². The Morgan fingerprint density at radius 3 is 2.80 bits per heavy atom. The highest BCUT2D eigenvalue weighted by Gasteiger charge is 2.27. The molecule has 0 amide bonds. The maximum atomic E-state index is 12.4. The number of H-pyrrole nitrogens is 1. The number of aromatic nitrogens is 3. The lowest BCUT2D eigenvalue weighted by atomic mass is 9.98. The molecule has 1 N–H and O–H groups in total. The zero-order valence-corrected chi connectivity index (χ0v) is 17.3. The van der Waals surface area contributed by atoms with Gasteiger partial charge in [-0.25, -0.2) is 4.98 Å². The summed E-state index contributed by atoms with van der Waals surface area (Å²) in [6.07, 6.45) is 4.88. The van der Waals surface area contributed by atoms with E-state index in [0.29, 0.717) is 18.1 Å². The molecule has 30 heavy (non-hydrogen) atoms. The average molecular weight is 406 g/mol. The number of ether oxygens (including phenoxy) is 2. The number of hydrogen-bond acceptors (Lipinski definition) is 6. The molecule has 1 aromatic carbocycles. The zero-order valence-electron chi connectivity index (χ0n) is 17.3. The molecule has 2 aromatic heterocycles. The Morgan fingerprint density at radius 1 is 1.13 bits per heavy atom. The van der Waals surface area contributed by atoms with Gasteiger partial charge >= 0.3 is 0 Å². The smallest absolute Gasteiger partial charge is 0.251 e. The Balaban J connectivity index is 1.65. The molecule has 1 aliphatic heterocycles. The number of nitrogens with zero attached hydrogens (tertiary/aromatic N) is 3. The van der Waals surface area contributed by atoms with Gasteiger partial charge in [-0.15, -0.1) is 0 Å². The van der Waals surface area contributed by atoms with E-state index >= 15 is 0 Å². The monoisotopic (exact) mass is 406 g/mol. The molecule has 1 atom stereocenters. The summed E-state index contributed by atoms with van der Waals surface area (Å²) >= 11 is 0. The second-order valence-corrected chi connectivity index (χ2v) is 7.39. The number of methoxy groups -OCH3 is 2. The molecule has 0 unspecified atom stereocenters. The van der Waals surface area contributed by atoms with E-state index in [1.165, 1.54) is 0 Å². The van der Waals surface area contributed by atoms with Gasteiger partial charge < -0.3 is 14.5 Å². The number of pyridine rings is 1. The Hall–Kier alpha value is -3.19. The lowest BCUT2D eigenvalue weighted by Gasteiger charge is -2.35. The molecule has 1 aliphatic rings. The van der Waals surface area contributed by atoms with Crippen LogP contribution in [0, 0.1) is 0 Å². The highest BCUT2D eigenvalue weighted by molar-refractivity contribution is 5.48. The molecule has 1 fully saturated rings. The van der Waals surface area contributed by atoms with Crippen LogP contribution < -0.4 is 15.0 Å². The largest absolute Gasteiger partial charge is 0.497 e. The van der Waals surface area contributed by atoms with Crippen LogP contribution in [0.5, 0.6) is 11.5 Å². The quantitative estimate of drug-likeness (QED) is 0.674. The van der Waals surface area contributed by atoms with Crippen LogP contribution in [-0.2, 0) is 6.54 Å². The first kappa shape index (κ1) is 20.1. The summed E-state index contributed by atoms with van der Waals surface area (Å²) in [6, 6.07) is 13.1. The van der Waals surface area contributed by atoms with Crippen LogP contribution in [0.1, 0.15) is 36.6 Å². The number of piperidine rings is 1. The molecular formula is C23H26N4O3. The van der Waals surface area contributed by atoms with E-state index in [1.807, 2.05) is 36.4 Å². The second kappa shape index (κ2) is 9.09. The van der Waals surface area contributed by atoms with E-state index < -0.39 is 0 Å². The number of aromatic amines is 1. The van der Waals surface area contributed by atoms with Gasteiger partial charge in [0, 0.05) is 30.4 Å². The van der Waals surface area contributed by atoms with Gasteiger partial charge in [0.05, 0.1) is 26.0 Å². The number of rotatable bonds is 6. The highest BCUT2D eigenvalue weighted by Crippen LogP contribution is 2.34. The van der Waals surface area contributed by atoms with Crippen LogP contribution in [0.4, 0.5) is 0 Å². The fraction of sp³-hybridized carbons (Fsp3) is 0.348. The van der Waals surface area contributed by atoms with Crippen LogP contribution >= 0.6 is 0 Å². The molecule has 7 heteroatoms. The number of likely N-dealkylation sites (tertiary alicyclic amines) is 1. The van der Waals surface area contributed by atoms with Crippen molar-refractivity contribution in [1.29, 1.82) is 0 Å². The predicted octanol–water partition coefficient (Wildman–Crippen LogP) is 3.58. The molecule has 7 nitrogen and oxygen atoms in total. The zero-order chi connectivity index (χ0) is 20.9. The van der Waals surface area contributed by atoms with Crippen LogP contribution in [0.3, 0.4) is 0 Å². The van der Waals surface area contributed by atoms with Crippen LogP contribution in [0.15, 0.2) is 53.5 Å². The van der Waals surface area contributed by atoms with Crippen molar-refractivity contribution in [2.45, 2.75) is 31.8 Å². The van der Waals surface area contributed by atoms with Gasteiger partial charge in [-0.05, 0) is 37.6 Å². The van der Waals surface area contributed by atoms with E-state index in [2.05, 4.69) is 14.9 Å². The van der Waals surface area contributed by atoms with Crippen molar-refractivity contribution in [2.24, 2.45) is 0 Å². The van der Waals surface area contributed by atoms with E-state index in [9.17, 15) is 4.79 Å². The van der Waals surface area contributed by atoms with E-state index in [0.717, 1.165) is 48.6 Å². The Kier molecular flexibility index (Phi) is 6.09. The lowest BCUT2D eigenvalue weighted by molar-refractivity contribution is 0.136. The van der Waals surface area contributed by atoms with Crippen molar-refractivity contribution in [3.8, 4) is 23.0 Å². The maximum absolute atomic E-state index is 12.4. The van der Waals surface area contributed by atoms with Crippen molar-refractivity contribution < 1.29 is 9.47 Å². The Labute approximate surface area is 175 Å². The first-order valence-corrected chi connectivity index (χ1v) is 10.2. The second-order valence-electron chi connectivity index (χ2n) is 7.39. The van der Waals surface area contributed by atoms with Crippen LogP contribution in [-0.4, -0.2) is 40.6 Å². The first-order valence-electron chi connectivity index (χ1n) is 10.2.